The van der Waals surface area contributed by atoms with Crippen molar-refractivity contribution in [3.8, 4) is 16.9 Å². The topological polar surface area (TPSA) is 44.2 Å². The summed E-state index contributed by atoms with van der Waals surface area (Å²) >= 11 is 5.97. The fourth-order valence-corrected chi connectivity index (χ4v) is 1.59. The molecule has 2 aromatic rings. The van der Waals surface area contributed by atoms with Gasteiger partial charge in [0.05, 0.1) is 0 Å². The molecule has 0 saturated heterocycles. The molecular formula is C12H11ClN2O2. The van der Waals surface area contributed by atoms with Gasteiger partial charge >= 0.3 is 0 Å². The molecule has 0 aliphatic carbocycles. The lowest BCUT2D eigenvalue weighted by atomic mass is 10.1. The number of rotatable bonds is 4. The van der Waals surface area contributed by atoms with E-state index in [0.29, 0.717) is 10.8 Å². The van der Waals surface area contributed by atoms with Crippen LogP contribution in [-0.4, -0.2) is 23.9 Å². The van der Waals surface area contributed by atoms with E-state index in [9.17, 15) is 0 Å². The van der Waals surface area contributed by atoms with Gasteiger partial charge in [0, 0.05) is 35.7 Å². The van der Waals surface area contributed by atoms with Gasteiger partial charge in [-0.2, -0.15) is 0 Å². The highest BCUT2D eigenvalue weighted by molar-refractivity contribution is 6.31. The van der Waals surface area contributed by atoms with Crippen LogP contribution in [0.25, 0.3) is 11.1 Å². The second kappa shape index (κ2) is 5.61. The van der Waals surface area contributed by atoms with Crippen LogP contribution < -0.4 is 4.74 Å². The van der Waals surface area contributed by atoms with Crippen LogP contribution in [0.15, 0.2) is 36.9 Å². The number of hydrogen-bond donors (Lipinski definition) is 0. The summed E-state index contributed by atoms with van der Waals surface area (Å²) in [5.41, 5.74) is 1.69. The second-order valence-corrected chi connectivity index (χ2v) is 3.75. The fourth-order valence-electron chi connectivity index (χ4n) is 1.41. The molecule has 0 amide bonds. The fraction of sp³-hybridized carbons (Fsp3) is 0.167. The summed E-state index contributed by atoms with van der Waals surface area (Å²) in [6.45, 7) is 0.183. The second-order valence-electron chi connectivity index (χ2n) is 3.32. The average molecular weight is 251 g/mol. The molecule has 0 saturated carbocycles. The molecule has 0 radical (unpaired) electrons. The molecule has 0 fully saturated rings. The maximum Gasteiger partial charge on any atom is 0.188 e. The first kappa shape index (κ1) is 11.8. The third kappa shape index (κ3) is 2.93. The van der Waals surface area contributed by atoms with E-state index in [1.165, 1.54) is 6.33 Å². The molecule has 5 heteroatoms. The first-order valence-corrected chi connectivity index (χ1v) is 5.35. The molecule has 0 aliphatic rings. The molecule has 0 aliphatic heterocycles. The van der Waals surface area contributed by atoms with Crippen LogP contribution in [0, 0.1) is 0 Å². The summed E-state index contributed by atoms with van der Waals surface area (Å²) in [5, 5.41) is 0.633. The lowest BCUT2D eigenvalue weighted by Crippen LogP contribution is -2.00. The molecule has 0 spiro atoms. The van der Waals surface area contributed by atoms with Crippen molar-refractivity contribution in [3.63, 3.8) is 0 Å². The Kier molecular flexibility index (Phi) is 3.90. The standard InChI is InChI=1S/C12H11ClN2O2/c1-16-8-17-12-3-2-10(13)4-11(12)9-5-14-7-15-6-9/h2-7H,8H2,1H3. The molecule has 0 unspecified atom stereocenters. The maximum absolute atomic E-state index is 5.97. The van der Waals surface area contributed by atoms with Gasteiger partial charge in [0.25, 0.3) is 0 Å². The first-order chi connectivity index (χ1) is 8.31. The Morgan fingerprint density at radius 2 is 2.00 bits per heavy atom. The number of hydrogen-bond acceptors (Lipinski definition) is 4. The van der Waals surface area contributed by atoms with E-state index in [2.05, 4.69) is 9.97 Å². The summed E-state index contributed by atoms with van der Waals surface area (Å²) < 4.78 is 10.3. The first-order valence-electron chi connectivity index (χ1n) is 4.98. The summed E-state index contributed by atoms with van der Waals surface area (Å²) in [5.74, 6) is 0.686. The van der Waals surface area contributed by atoms with Gasteiger partial charge < -0.3 is 9.47 Å². The van der Waals surface area contributed by atoms with Crippen molar-refractivity contribution in [2.45, 2.75) is 0 Å². The molecule has 0 atom stereocenters. The van der Waals surface area contributed by atoms with E-state index < -0.39 is 0 Å². The Labute approximate surface area is 104 Å². The van der Waals surface area contributed by atoms with Gasteiger partial charge in [0.15, 0.2) is 6.79 Å². The molecular weight excluding hydrogens is 240 g/mol. The van der Waals surface area contributed by atoms with Gasteiger partial charge in [-0.15, -0.1) is 0 Å². The Hall–Kier alpha value is -1.65. The van der Waals surface area contributed by atoms with Gasteiger partial charge in [0.1, 0.15) is 12.1 Å². The van der Waals surface area contributed by atoms with Crippen LogP contribution in [-0.2, 0) is 4.74 Å². The van der Waals surface area contributed by atoms with Crippen LogP contribution in [0.3, 0.4) is 0 Å². The molecule has 1 heterocycles. The normalized spacial score (nSPS) is 10.2. The Balaban J connectivity index is 2.40. The minimum absolute atomic E-state index is 0.183. The predicted octanol–water partition coefficient (Wildman–Crippen LogP) is 2.78. The number of halogens is 1. The molecule has 0 N–H and O–H groups in total. The Morgan fingerprint density at radius 1 is 1.24 bits per heavy atom. The lowest BCUT2D eigenvalue weighted by Gasteiger charge is -2.10. The molecule has 17 heavy (non-hydrogen) atoms. The number of aromatic nitrogens is 2. The van der Waals surface area contributed by atoms with E-state index in [1.54, 1.807) is 31.6 Å². The quantitative estimate of drug-likeness (QED) is 0.783. The number of methoxy groups -OCH3 is 1. The van der Waals surface area contributed by atoms with E-state index in [-0.39, 0.29) is 6.79 Å². The highest BCUT2D eigenvalue weighted by atomic mass is 35.5. The van der Waals surface area contributed by atoms with Gasteiger partial charge in [-0.05, 0) is 18.2 Å². The van der Waals surface area contributed by atoms with E-state index in [4.69, 9.17) is 21.1 Å². The molecule has 88 valence electrons. The Bertz CT molecular complexity index is 491. The van der Waals surface area contributed by atoms with Crippen LogP contribution >= 0.6 is 11.6 Å². The number of ether oxygens (including phenoxy) is 2. The maximum atomic E-state index is 5.97. The highest BCUT2D eigenvalue weighted by Crippen LogP contribution is 2.31. The highest BCUT2D eigenvalue weighted by Gasteiger charge is 2.07. The Morgan fingerprint density at radius 3 is 2.71 bits per heavy atom. The summed E-state index contributed by atoms with van der Waals surface area (Å²) in [6, 6.07) is 5.37. The number of nitrogens with zero attached hydrogens (tertiary/aromatic N) is 2. The van der Waals surface area contributed by atoms with Gasteiger partial charge in [-0.3, -0.25) is 0 Å². The predicted molar refractivity (Wildman–Crippen MR) is 65.0 cm³/mol. The van der Waals surface area contributed by atoms with Gasteiger partial charge in [-0.25, -0.2) is 9.97 Å². The van der Waals surface area contributed by atoms with Gasteiger partial charge in [0.2, 0.25) is 0 Å². The van der Waals surface area contributed by atoms with Crippen molar-refractivity contribution in [2.24, 2.45) is 0 Å². The van der Waals surface area contributed by atoms with Crippen molar-refractivity contribution < 1.29 is 9.47 Å². The molecule has 1 aromatic heterocycles. The summed E-state index contributed by atoms with van der Waals surface area (Å²) in [7, 11) is 1.57. The van der Waals surface area contributed by atoms with Crippen LogP contribution in [0.2, 0.25) is 5.02 Å². The SMILES string of the molecule is COCOc1ccc(Cl)cc1-c1cncnc1. The lowest BCUT2D eigenvalue weighted by molar-refractivity contribution is 0.0515. The van der Waals surface area contributed by atoms with Crippen molar-refractivity contribution in [1.82, 2.24) is 9.97 Å². The van der Waals surface area contributed by atoms with Gasteiger partial charge in [-0.1, -0.05) is 11.6 Å². The van der Waals surface area contributed by atoms with E-state index in [1.807, 2.05) is 6.07 Å². The minimum Gasteiger partial charge on any atom is -0.467 e. The zero-order valence-corrected chi connectivity index (χ0v) is 10.0. The molecule has 2 rings (SSSR count). The summed E-state index contributed by atoms with van der Waals surface area (Å²) in [6.07, 6.45) is 4.89. The zero-order valence-electron chi connectivity index (χ0n) is 9.26. The summed E-state index contributed by atoms with van der Waals surface area (Å²) in [4.78, 5) is 7.94. The monoisotopic (exact) mass is 250 g/mol. The smallest absolute Gasteiger partial charge is 0.188 e. The van der Waals surface area contributed by atoms with Crippen LogP contribution in [0.5, 0.6) is 5.75 Å². The minimum atomic E-state index is 0.183. The van der Waals surface area contributed by atoms with Crippen molar-refractivity contribution in [3.05, 3.63) is 41.9 Å². The van der Waals surface area contributed by atoms with E-state index in [0.717, 1.165) is 11.1 Å². The third-order valence-electron chi connectivity index (χ3n) is 2.15. The molecule has 4 nitrogen and oxygen atoms in total. The van der Waals surface area contributed by atoms with E-state index >= 15 is 0 Å². The molecule has 1 aromatic carbocycles. The molecule has 0 bridgehead atoms. The number of benzene rings is 1. The average Bonchev–Trinajstić information content (AvgIpc) is 2.38. The van der Waals surface area contributed by atoms with Crippen LogP contribution in [0.1, 0.15) is 0 Å². The van der Waals surface area contributed by atoms with Crippen LogP contribution in [0.4, 0.5) is 0 Å². The van der Waals surface area contributed by atoms with Crippen molar-refractivity contribution in [2.75, 3.05) is 13.9 Å². The van der Waals surface area contributed by atoms with Crippen molar-refractivity contribution >= 4 is 11.6 Å². The third-order valence-corrected chi connectivity index (χ3v) is 2.38. The zero-order chi connectivity index (χ0) is 12.1. The largest absolute Gasteiger partial charge is 0.467 e. The van der Waals surface area contributed by atoms with Crippen molar-refractivity contribution in [1.29, 1.82) is 0 Å².